The largest absolute Gasteiger partial charge is 0.334 e. The minimum Gasteiger partial charge on any atom is -0.334 e. The molecule has 3 rings (SSSR count). The zero-order chi connectivity index (χ0) is 20.8. The Labute approximate surface area is 175 Å². The van der Waals surface area contributed by atoms with Crippen LogP contribution < -0.4 is 5.32 Å². The van der Waals surface area contributed by atoms with Gasteiger partial charge in [-0.2, -0.15) is 0 Å². The molecule has 29 heavy (non-hydrogen) atoms. The van der Waals surface area contributed by atoms with Gasteiger partial charge in [0.2, 0.25) is 0 Å². The van der Waals surface area contributed by atoms with Crippen LogP contribution in [0.15, 0.2) is 42.5 Å². The highest BCUT2D eigenvalue weighted by Gasteiger charge is 2.21. The molecular formula is C23H27N3O2S. The van der Waals surface area contributed by atoms with Crippen LogP contribution in [0.5, 0.6) is 0 Å². The summed E-state index contributed by atoms with van der Waals surface area (Å²) in [7, 11) is 0. The number of nitrogens with zero attached hydrogens (tertiary/aromatic N) is 2. The third-order valence-corrected chi connectivity index (χ3v) is 5.76. The number of nitrogens with one attached hydrogen (secondary N) is 1. The molecule has 152 valence electrons. The smallest absolute Gasteiger partial charge is 0.313 e. The second-order valence-electron chi connectivity index (χ2n) is 7.17. The first-order valence-corrected chi connectivity index (χ1v) is 10.9. The van der Waals surface area contributed by atoms with Gasteiger partial charge in [0.1, 0.15) is 5.01 Å². The van der Waals surface area contributed by atoms with Crippen LogP contribution in [0.4, 0.5) is 5.69 Å². The summed E-state index contributed by atoms with van der Waals surface area (Å²) in [4.78, 5) is 31.2. The van der Waals surface area contributed by atoms with Crippen LogP contribution in [0.2, 0.25) is 0 Å². The number of benzene rings is 2. The molecule has 0 bridgehead atoms. The number of amides is 2. The number of carbonyl (C=O) groups is 2. The lowest BCUT2D eigenvalue weighted by Gasteiger charge is -2.21. The molecule has 0 atom stereocenters. The van der Waals surface area contributed by atoms with E-state index in [1.807, 2.05) is 37.3 Å². The van der Waals surface area contributed by atoms with E-state index in [0.717, 1.165) is 40.1 Å². The molecule has 0 unspecified atom stereocenters. The number of rotatable bonds is 7. The van der Waals surface area contributed by atoms with E-state index in [9.17, 15) is 9.59 Å². The molecule has 0 aliphatic carbocycles. The summed E-state index contributed by atoms with van der Waals surface area (Å²) in [6, 6.07) is 13.7. The van der Waals surface area contributed by atoms with Crippen molar-refractivity contribution in [1.29, 1.82) is 0 Å². The quantitative estimate of drug-likeness (QED) is 0.542. The van der Waals surface area contributed by atoms with Gasteiger partial charge in [0.15, 0.2) is 0 Å². The van der Waals surface area contributed by atoms with Gasteiger partial charge in [0.05, 0.1) is 10.2 Å². The number of hydrogen-bond acceptors (Lipinski definition) is 4. The summed E-state index contributed by atoms with van der Waals surface area (Å²) in [5.41, 5.74) is 3.80. The van der Waals surface area contributed by atoms with Crippen LogP contribution in [0.1, 0.15) is 38.7 Å². The Morgan fingerprint density at radius 1 is 1.03 bits per heavy atom. The van der Waals surface area contributed by atoms with E-state index < -0.39 is 11.8 Å². The molecule has 0 spiro atoms. The Hall–Kier alpha value is -2.73. The number of unbranched alkanes of at least 4 members (excludes halogenated alkanes) is 1. The molecular weight excluding hydrogens is 382 g/mol. The van der Waals surface area contributed by atoms with Gasteiger partial charge in [-0.25, -0.2) is 4.98 Å². The molecule has 0 saturated carbocycles. The molecule has 2 amide bonds. The predicted molar refractivity (Wildman–Crippen MR) is 120 cm³/mol. The fourth-order valence-electron chi connectivity index (χ4n) is 3.11. The van der Waals surface area contributed by atoms with Crippen LogP contribution in [0, 0.1) is 6.92 Å². The lowest BCUT2D eigenvalue weighted by Crippen LogP contribution is -2.40. The van der Waals surface area contributed by atoms with Crippen molar-refractivity contribution >= 4 is 39.1 Å². The van der Waals surface area contributed by atoms with E-state index in [1.54, 1.807) is 16.2 Å². The van der Waals surface area contributed by atoms with Gasteiger partial charge in [-0.1, -0.05) is 26.3 Å². The van der Waals surface area contributed by atoms with Crippen LogP contribution in [-0.2, 0) is 9.59 Å². The number of thiazole rings is 1. The fourth-order valence-corrected chi connectivity index (χ4v) is 4.18. The summed E-state index contributed by atoms with van der Waals surface area (Å²) in [5.74, 6) is -1.05. The lowest BCUT2D eigenvalue weighted by molar-refractivity contribution is -0.143. The molecule has 3 aromatic rings. The van der Waals surface area contributed by atoms with Crippen molar-refractivity contribution < 1.29 is 9.59 Å². The third-order valence-electron chi connectivity index (χ3n) is 4.69. The molecule has 6 heteroatoms. The van der Waals surface area contributed by atoms with Crippen LogP contribution in [0.25, 0.3) is 20.8 Å². The predicted octanol–water partition coefficient (Wildman–Crippen LogP) is 5.25. The van der Waals surface area contributed by atoms with Gasteiger partial charge in [-0.15, -0.1) is 11.3 Å². The first-order chi connectivity index (χ1) is 14.0. The molecule has 0 fully saturated rings. The van der Waals surface area contributed by atoms with Gasteiger partial charge < -0.3 is 10.2 Å². The molecule has 0 radical (unpaired) electrons. The third kappa shape index (κ3) is 5.21. The van der Waals surface area contributed by atoms with Crippen LogP contribution in [0.3, 0.4) is 0 Å². The van der Waals surface area contributed by atoms with E-state index in [1.165, 1.54) is 5.56 Å². The van der Waals surface area contributed by atoms with Crippen molar-refractivity contribution in [3.05, 3.63) is 48.0 Å². The Balaban J connectivity index is 1.69. The monoisotopic (exact) mass is 409 g/mol. The first kappa shape index (κ1) is 21.0. The van der Waals surface area contributed by atoms with Crippen molar-refractivity contribution in [2.45, 2.75) is 40.0 Å². The molecule has 1 N–H and O–H groups in total. The zero-order valence-electron chi connectivity index (χ0n) is 17.2. The van der Waals surface area contributed by atoms with Crippen LogP contribution >= 0.6 is 11.3 Å². The summed E-state index contributed by atoms with van der Waals surface area (Å²) < 4.78 is 1.16. The van der Waals surface area contributed by atoms with E-state index >= 15 is 0 Å². The number of fused-ring (bicyclic) bond motifs is 1. The van der Waals surface area contributed by atoms with Crippen LogP contribution in [-0.4, -0.2) is 34.8 Å². The molecule has 1 aromatic heterocycles. The number of aryl methyl sites for hydroxylation is 1. The Kier molecular flexibility index (Phi) is 6.99. The van der Waals surface area contributed by atoms with E-state index in [2.05, 4.69) is 36.3 Å². The topological polar surface area (TPSA) is 62.3 Å². The number of aromatic nitrogens is 1. The maximum Gasteiger partial charge on any atom is 0.313 e. The Morgan fingerprint density at radius 2 is 1.79 bits per heavy atom. The summed E-state index contributed by atoms with van der Waals surface area (Å²) in [5, 5.41) is 3.66. The first-order valence-electron chi connectivity index (χ1n) is 10.1. The van der Waals surface area contributed by atoms with Crippen molar-refractivity contribution in [3.8, 4) is 10.6 Å². The molecule has 1 heterocycles. The molecule has 0 aliphatic rings. The van der Waals surface area contributed by atoms with E-state index in [4.69, 9.17) is 0 Å². The Morgan fingerprint density at radius 3 is 2.48 bits per heavy atom. The molecule has 5 nitrogen and oxygen atoms in total. The molecule has 0 saturated heterocycles. The second-order valence-corrected chi connectivity index (χ2v) is 8.20. The normalized spacial score (nSPS) is 10.9. The van der Waals surface area contributed by atoms with Gasteiger partial charge in [0, 0.05) is 24.3 Å². The Bertz CT molecular complexity index is 995. The molecule has 2 aromatic carbocycles. The average molecular weight is 410 g/mol. The number of hydrogen-bond donors (Lipinski definition) is 1. The average Bonchev–Trinajstić information content (AvgIpc) is 3.14. The van der Waals surface area contributed by atoms with Gasteiger partial charge in [0.25, 0.3) is 0 Å². The van der Waals surface area contributed by atoms with E-state index in [-0.39, 0.29) is 0 Å². The van der Waals surface area contributed by atoms with Gasteiger partial charge >= 0.3 is 11.8 Å². The standard InChI is InChI=1S/C23H27N3O2S/c1-4-6-14-26(13-5-2)23(28)21(27)24-18-10-8-17(9-11-18)22-25-19-12-7-16(3)15-20(19)29-22/h7-12,15H,4-6,13-14H2,1-3H3,(H,24,27). The van der Waals surface area contributed by atoms with Gasteiger partial charge in [-0.05, 0) is 61.7 Å². The maximum atomic E-state index is 12.5. The van der Waals surface area contributed by atoms with Crippen molar-refractivity contribution in [2.24, 2.45) is 0 Å². The highest BCUT2D eigenvalue weighted by atomic mass is 32.1. The van der Waals surface area contributed by atoms with Crippen molar-refractivity contribution in [3.63, 3.8) is 0 Å². The van der Waals surface area contributed by atoms with Gasteiger partial charge in [-0.3, -0.25) is 9.59 Å². The highest BCUT2D eigenvalue weighted by Crippen LogP contribution is 2.31. The maximum absolute atomic E-state index is 12.5. The molecule has 0 aliphatic heterocycles. The van der Waals surface area contributed by atoms with E-state index in [0.29, 0.717) is 18.8 Å². The van der Waals surface area contributed by atoms with Crippen molar-refractivity contribution in [1.82, 2.24) is 9.88 Å². The SMILES string of the molecule is CCCCN(CCC)C(=O)C(=O)Nc1ccc(-c2nc3ccc(C)cc3s2)cc1. The lowest BCUT2D eigenvalue weighted by atomic mass is 10.2. The number of carbonyl (C=O) groups excluding carboxylic acids is 2. The number of anilines is 1. The zero-order valence-corrected chi connectivity index (χ0v) is 18.0. The summed E-state index contributed by atoms with van der Waals surface area (Å²) in [6.45, 7) is 7.37. The van der Waals surface area contributed by atoms with Crippen molar-refractivity contribution in [2.75, 3.05) is 18.4 Å². The minimum atomic E-state index is -0.585. The fraction of sp³-hybridized carbons (Fsp3) is 0.348. The highest BCUT2D eigenvalue weighted by molar-refractivity contribution is 7.21. The summed E-state index contributed by atoms with van der Waals surface area (Å²) in [6.07, 6.45) is 2.72. The minimum absolute atomic E-state index is 0.467. The summed E-state index contributed by atoms with van der Waals surface area (Å²) >= 11 is 1.65. The second kappa shape index (κ2) is 9.65.